The minimum Gasteiger partial charge on any atom is -0.463 e. The van der Waals surface area contributed by atoms with Crippen LogP contribution in [0.3, 0.4) is 0 Å². The molecule has 4 aromatic heterocycles. The first kappa shape index (κ1) is 37.8. The van der Waals surface area contributed by atoms with Crippen LogP contribution in [0, 0.1) is 60.8 Å². The Morgan fingerprint density at radius 1 is 0.679 bits per heavy atom. The Balaban J connectivity index is 0.000000204. The smallest absolute Gasteiger partial charge is 0.374 e. The molecular weight excluding hydrogens is 737 g/mol. The van der Waals surface area contributed by atoms with E-state index >= 15 is 0 Å². The summed E-state index contributed by atoms with van der Waals surface area (Å²) in [5.41, 5.74) is 7.70. The van der Waals surface area contributed by atoms with Gasteiger partial charge < -0.3 is 10.5 Å². The van der Waals surface area contributed by atoms with Gasteiger partial charge >= 0.3 is 5.97 Å². The van der Waals surface area contributed by atoms with Crippen molar-refractivity contribution in [3.8, 4) is 35.1 Å². The highest BCUT2D eigenvalue weighted by atomic mass is 35.5. The number of carbonyl (C=O) groups excluding carboxylic acids is 2. The molecule has 0 unspecified atom stereocenters. The number of imidazole rings is 2. The molecule has 0 saturated carbocycles. The molecule has 1 amide bonds. The zero-order valence-electron chi connectivity index (χ0n) is 27.7. The van der Waals surface area contributed by atoms with E-state index in [0.29, 0.717) is 28.6 Å². The SMILES string of the molecule is COC(=O)c1nc(C#Cc2ccnc(Cl)c2)c(C)n1-c1ccc(F)cc1F.Cc1c(C#Cc2ccnc(Cl)c2)nc(C(N)=O)n1-c1ccc(F)cc1F. The van der Waals surface area contributed by atoms with Gasteiger partial charge in [-0.2, -0.15) is 0 Å². The molecule has 0 aliphatic carbocycles. The Hall–Kier alpha value is -6.48. The van der Waals surface area contributed by atoms with E-state index in [1.54, 1.807) is 38.1 Å². The van der Waals surface area contributed by atoms with E-state index in [-0.39, 0.29) is 44.7 Å². The zero-order valence-corrected chi connectivity index (χ0v) is 29.2. The van der Waals surface area contributed by atoms with Crippen molar-refractivity contribution in [2.45, 2.75) is 13.8 Å². The van der Waals surface area contributed by atoms with E-state index in [9.17, 15) is 27.2 Å². The van der Waals surface area contributed by atoms with Crippen LogP contribution in [0.15, 0.2) is 73.1 Å². The molecule has 0 saturated heterocycles. The predicted octanol–water partition coefficient (Wildman–Crippen LogP) is 6.70. The van der Waals surface area contributed by atoms with Gasteiger partial charge in [-0.1, -0.05) is 35.0 Å². The van der Waals surface area contributed by atoms with E-state index in [0.717, 1.165) is 18.2 Å². The molecule has 0 bridgehead atoms. The number of hydrogen-bond donors (Lipinski definition) is 1. The van der Waals surface area contributed by atoms with Crippen molar-refractivity contribution in [1.29, 1.82) is 0 Å². The van der Waals surface area contributed by atoms with E-state index < -0.39 is 35.1 Å². The first-order valence-corrected chi connectivity index (χ1v) is 15.8. The Kier molecular flexibility index (Phi) is 11.6. The first-order chi connectivity index (χ1) is 25.3. The number of nitrogens with zero attached hydrogens (tertiary/aromatic N) is 6. The second-order valence-corrected chi connectivity index (χ2v) is 11.5. The lowest BCUT2D eigenvalue weighted by atomic mass is 10.2. The second-order valence-electron chi connectivity index (χ2n) is 10.7. The van der Waals surface area contributed by atoms with E-state index in [1.165, 1.54) is 40.8 Å². The highest BCUT2D eigenvalue weighted by Gasteiger charge is 2.23. The normalized spacial score (nSPS) is 10.3. The molecular formula is C37H23Cl2F4N7O3. The topological polar surface area (TPSA) is 131 Å². The molecule has 6 rings (SSSR count). The van der Waals surface area contributed by atoms with Crippen LogP contribution in [-0.2, 0) is 4.74 Å². The van der Waals surface area contributed by atoms with Gasteiger partial charge in [0.15, 0.2) is 0 Å². The van der Waals surface area contributed by atoms with Crippen LogP contribution in [0.5, 0.6) is 0 Å². The number of hydrogen-bond acceptors (Lipinski definition) is 7. The Bertz CT molecular complexity index is 2530. The van der Waals surface area contributed by atoms with Crippen molar-refractivity contribution in [1.82, 2.24) is 29.1 Å². The lowest BCUT2D eigenvalue weighted by Crippen LogP contribution is -2.18. The lowest BCUT2D eigenvalue weighted by molar-refractivity contribution is 0.0584. The molecule has 53 heavy (non-hydrogen) atoms. The van der Waals surface area contributed by atoms with Crippen LogP contribution in [0.2, 0.25) is 10.3 Å². The molecule has 0 atom stereocenters. The number of amides is 1. The number of pyridine rings is 2. The number of methoxy groups -OCH3 is 1. The average Bonchev–Trinajstić information content (AvgIpc) is 3.62. The molecule has 10 nitrogen and oxygen atoms in total. The molecule has 0 aliphatic heterocycles. The molecule has 4 heterocycles. The summed E-state index contributed by atoms with van der Waals surface area (Å²) in [6.07, 6.45) is 3.01. The number of primary amides is 1. The van der Waals surface area contributed by atoms with Crippen molar-refractivity contribution in [3.05, 3.63) is 152 Å². The largest absolute Gasteiger partial charge is 0.463 e. The minimum absolute atomic E-state index is 0.0400. The van der Waals surface area contributed by atoms with Crippen molar-refractivity contribution in [3.63, 3.8) is 0 Å². The van der Waals surface area contributed by atoms with Crippen molar-refractivity contribution >= 4 is 35.1 Å². The summed E-state index contributed by atoms with van der Waals surface area (Å²) in [5, 5.41) is 0.568. The summed E-state index contributed by atoms with van der Waals surface area (Å²) in [4.78, 5) is 39.8. The van der Waals surface area contributed by atoms with Crippen molar-refractivity contribution in [2.24, 2.45) is 5.73 Å². The number of esters is 1. The molecule has 6 aromatic rings. The Morgan fingerprint density at radius 3 is 1.51 bits per heavy atom. The molecule has 2 aromatic carbocycles. The van der Waals surface area contributed by atoms with Gasteiger partial charge in [-0.25, -0.2) is 42.3 Å². The number of benzene rings is 2. The van der Waals surface area contributed by atoms with Gasteiger partial charge in [0, 0.05) is 35.7 Å². The van der Waals surface area contributed by atoms with Crippen LogP contribution in [0.4, 0.5) is 17.6 Å². The number of rotatable bonds is 4. The van der Waals surface area contributed by atoms with Crippen LogP contribution >= 0.6 is 23.2 Å². The number of ether oxygens (including phenoxy) is 1. The lowest BCUT2D eigenvalue weighted by Gasteiger charge is -2.09. The summed E-state index contributed by atoms with van der Waals surface area (Å²) < 4.78 is 62.0. The maximum Gasteiger partial charge on any atom is 0.374 e. The number of halogens is 6. The third kappa shape index (κ3) is 8.70. The maximum atomic E-state index is 14.3. The molecule has 0 aliphatic rings. The standard InChI is InChI=1S/C19H12ClF2N3O2.C18H11ClF2N4O/c1-11-15(5-3-12-7-8-23-17(20)9-12)24-18(19(26)27-2)25(11)16-6-4-13(21)10-14(16)22;1-10-14(4-2-11-6-7-23-16(19)8-11)24-18(17(22)26)25(10)15-5-3-12(20)9-13(15)21/h4,6-10H,1-2H3;3,5-9H,1H3,(H2,22,26). The summed E-state index contributed by atoms with van der Waals surface area (Å²) in [7, 11) is 1.18. The summed E-state index contributed by atoms with van der Waals surface area (Å²) in [6, 6.07) is 12.5. The van der Waals surface area contributed by atoms with Crippen LogP contribution in [0.25, 0.3) is 11.4 Å². The molecule has 2 N–H and O–H groups in total. The van der Waals surface area contributed by atoms with Gasteiger partial charge in [-0.3, -0.25) is 13.9 Å². The molecule has 0 spiro atoms. The summed E-state index contributed by atoms with van der Waals surface area (Å²) >= 11 is 11.6. The molecule has 266 valence electrons. The van der Waals surface area contributed by atoms with Crippen molar-refractivity contribution in [2.75, 3.05) is 7.11 Å². The monoisotopic (exact) mass is 759 g/mol. The third-order valence-corrected chi connectivity index (χ3v) is 7.62. The second kappa shape index (κ2) is 16.2. The fourth-order valence-corrected chi connectivity index (χ4v) is 5.12. The average molecular weight is 761 g/mol. The molecule has 0 radical (unpaired) electrons. The summed E-state index contributed by atoms with van der Waals surface area (Å²) in [5.74, 6) is 6.14. The fourth-order valence-electron chi connectivity index (χ4n) is 4.77. The number of aromatic nitrogens is 6. The highest BCUT2D eigenvalue weighted by molar-refractivity contribution is 6.29. The number of nitrogens with two attached hydrogens (primary N) is 1. The Morgan fingerprint density at radius 2 is 1.11 bits per heavy atom. The van der Waals surface area contributed by atoms with Crippen molar-refractivity contribution < 1.29 is 31.9 Å². The quantitative estimate of drug-likeness (QED) is 0.0917. The Labute approximate surface area is 309 Å². The zero-order chi connectivity index (χ0) is 38.4. The fraction of sp³-hybridized carbons (Fsp3) is 0.0811. The van der Waals surface area contributed by atoms with E-state index in [1.807, 2.05) is 0 Å². The third-order valence-electron chi connectivity index (χ3n) is 7.21. The van der Waals surface area contributed by atoms with Gasteiger partial charge in [-0.05, 0) is 74.2 Å². The molecule has 16 heteroatoms. The van der Waals surface area contributed by atoms with E-state index in [4.69, 9.17) is 33.7 Å². The van der Waals surface area contributed by atoms with Gasteiger partial charge in [-0.15, -0.1) is 0 Å². The van der Waals surface area contributed by atoms with Gasteiger partial charge in [0.2, 0.25) is 11.6 Å². The van der Waals surface area contributed by atoms with Crippen LogP contribution in [0.1, 0.15) is 55.1 Å². The van der Waals surface area contributed by atoms with Gasteiger partial charge in [0.1, 0.15) is 45.0 Å². The van der Waals surface area contributed by atoms with Crippen LogP contribution < -0.4 is 5.73 Å². The van der Waals surface area contributed by atoms with Gasteiger partial charge in [0.05, 0.1) is 29.9 Å². The highest BCUT2D eigenvalue weighted by Crippen LogP contribution is 2.23. The molecule has 0 fully saturated rings. The van der Waals surface area contributed by atoms with E-state index in [2.05, 4.69) is 43.6 Å². The first-order valence-electron chi connectivity index (χ1n) is 15.0. The minimum atomic E-state index is -0.864. The predicted molar refractivity (Wildman–Crippen MR) is 187 cm³/mol. The van der Waals surface area contributed by atoms with Gasteiger partial charge in [0.25, 0.3) is 5.91 Å². The number of carbonyl (C=O) groups is 2. The van der Waals surface area contributed by atoms with Crippen LogP contribution in [-0.4, -0.2) is 48.1 Å². The summed E-state index contributed by atoms with van der Waals surface area (Å²) in [6.45, 7) is 3.22. The maximum absolute atomic E-state index is 14.3.